The summed E-state index contributed by atoms with van der Waals surface area (Å²) in [4.78, 5) is 0. The third-order valence-corrected chi connectivity index (χ3v) is 3.85. The first-order valence-electron chi connectivity index (χ1n) is 6.70. The van der Waals surface area contributed by atoms with E-state index in [-0.39, 0.29) is 6.04 Å². The number of fused-ring (bicyclic) bond motifs is 1. The minimum Gasteiger partial charge on any atom is -0.347 e. The first kappa shape index (κ1) is 12.0. The maximum atomic E-state index is 8.94. The molecule has 2 aromatic rings. The van der Waals surface area contributed by atoms with Crippen LogP contribution in [0.5, 0.6) is 0 Å². The van der Waals surface area contributed by atoms with Crippen LogP contribution in [-0.4, -0.2) is 4.57 Å². The second-order valence-electron chi connectivity index (χ2n) is 5.16. The zero-order valence-corrected chi connectivity index (χ0v) is 10.8. The van der Waals surface area contributed by atoms with Gasteiger partial charge in [0.25, 0.3) is 0 Å². The maximum Gasteiger partial charge on any atom is 0.0991 e. The van der Waals surface area contributed by atoms with Crippen molar-refractivity contribution in [3.8, 4) is 6.07 Å². The fourth-order valence-electron chi connectivity index (χ4n) is 2.88. The summed E-state index contributed by atoms with van der Waals surface area (Å²) in [5, 5.41) is 8.94. The van der Waals surface area contributed by atoms with Gasteiger partial charge in [0.15, 0.2) is 0 Å². The van der Waals surface area contributed by atoms with Gasteiger partial charge in [0.05, 0.1) is 11.6 Å². The first-order valence-corrected chi connectivity index (χ1v) is 6.70. The van der Waals surface area contributed by atoms with Crippen LogP contribution in [0.1, 0.15) is 41.3 Å². The van der Waals surface area contributed by atoms with E-state index in [9.17, 15) is 0 Å². The summed E-state index contributed by atoms with van der Waals surface area (Å²) in [6.07, 6.45) is 5.47. The number of hydrogen-bond acceptors (Lipinski definition) is 2. The highest BCUT2D eigenvalue weighted by molar-refractivity contribution is 5.34. The van der Waals surface area contributed by atoms with E-state index >= 15 is 0 Å². The molecule has 0 saturated carbocycles. The lowest BCUT2D eigenvalue weighted by Crippen LogP contribution is -2.18. The Morgan fingerprint density at radius 2 is 2.26 bits per heavy atom. The fraction of sp³-hybridized carbons (Fsp3) is 0.312. The minimum absolute atomic E-state index is 0.190. The Labute approximate surface area is 113 Å². The van der Waals surface area contributed by atoms with Gasteiger partial charge in [0, 0.05) is 24.5 Å². The highest BCUT2D eigenvalue weighted by Crippen LogP contribution is 2.29. The van der Waals surface area contributed by atoms with Crippen molar-refractivity contribution < 1.29 is 0 Å². The molecule has 0 spiro atoms. The van der Waals surface area contributed by atoms with Crippen molar-refractivity contribution in [1.29, 1.82) is 5.26 Å². The SMILES string of the molecule is N#Cc1cccc(Cn2ccc3c2CCCC3N)c1. The molecule has 1 aromatic carbocycles. The molecule has 2 N–H and O–H groups in total. The standard InChI is InChI=1S/C16H17N3/c17-10-12-3-1-4-13(9-12)11-19-8-7-14-15(18)5-2-6-16(14)19/h1,3-4,7-9,15H,2,5-6,11,18H2. The molecule has 1 heterocycles. The van der Waals surface area contributed by atoms with Crippen LogP contribution in [0.25, 0.3) is 0 Å². The van der Waals surface area contributed by atoms with Crippen LogP contribution in [0.3, 0.4) is 0 Å². The van der Waals surface area contributed by atoms with E-state index in [0.717, 1.165) is 36.9 Å². The van der Waals surface area contributed by atoms with Crippen LogP contribution in [0.4, 0.5) is 0 Å². The van der Waals surface area contributed by atoms with Gasteiger partial charge in [-0.25, -0.2) is 0 Å². The van der Waals surface area contributed by atoms with Crippen molar-refractivity contribution in [3.63, 3.8) is 0 Å². The van der Waals surface area contributed by atoms with Gasteiger partial charge in [-0.3, -0.25) is 0 Å². The second-order valence-corrected chi connectivity index (χ2v) is 5.16. The first-order chi connectivity index (χ1) is 9.28. The number of benzene rings is 1. The molecule has 1 aliphatic rings. The summed E-state index contributed by atoms with van der Waals surface area (Å²) in [5.74, 6) is 0. The molecule has 1 unspecified atom stereocenters. The molecule has 0 aliphatic heterocycles. The highest BCUT2D eigenvalue weighted by Gasteiger charge is 2.19. The largest absolute Gasteiger partial charge is 0.347 e. The molecule has 0 fully saturated rings. The molecule has 3 heteroatoms. The van der Waals surface area contributed by atoms with Crippen molar-refractivity contribution in [2.75, 3.05) is 0 Å². The minimum atomic E-state index is 0.190. The third-order valence-electron chi connectivity index (χ3n) is 3.85. The molecule has 19 heavy (non-hydrogen) atoms. The Morgan fingerprint density at radius 1 is 1.37 bits per heavy atom. The van der Waals surface area contributed by atoms with Gasteiger partial charge in [-0.2, -0.15) is 5.26 Å². The molecular weight excluding hydrogens is 234 g/mol. The monoisotopic (exact) mass is 251 g/mol. The van der Waals surface area contributed by atoms with Crippen molar-refractivity contribution >= 4 is 0 Å². The fourth-order valence-corrected chi connectivity index (χ4v) is 2.88. The van der Waals surface area contributed by atoms with Crippen molar-refractivity contribution in [2.45, 2.75) is 31.8 Å². The van der Waals surface area contributed by atoms with Gasteiger partial charge in [-0.15, -0.1) is 0 Å². The zero-order chi connectivity index (χ0) is 13.2. The highest BCUT2D eigenvalue weighted by atomic mass is 15.0. The van der Waals surface area contributed by atoms with Crippen LogP contribution in [-0.2, 0) is 13.0 Å². The molecule has 1 atom stereocenters. The summed E-state index contributed by atoms with van der Waals surface area (Å²) < 4.78 is 2.27. The van der Waals surface area contributed by atoms with Crippen LogP contribution in [0, 0.1) is 11.3 Å². The van der Waals surface area contributed by atoms with E-state index < -0.39 is 0 Å². The molecule has 1 aliphatic carbocycles. The average Bonchev–Trinajstić information content (AvgIpc) is 2.84. The van der Waals surface area contributed by atoms with E-state index in [1.54, 1.807) is 0 Å². The van der Waals surface area contributed by atoms with Crippen molar-refractivity contribution in [2.24, 2.45) is 5.73 Å². The van der Waals surface area contributed by atoms with E-state index in [1.165, 1.54) is 11.3 Å². The topological polar surface area (TPSA) is 54.7 Å². The zero-order valence-electron chi connectivity index (χ0n) is 10.8. The summed E-state index contributed by atoms with van der Waals surface area (Å²) in [6, 6.07) is 12.3. The quantitative estimate of drug-likeness (QED) is 0.892. The normalized spacial score (nSPS) is 17.8. The number of hydrogen-bond donors (Lipinski definition) is 1. The van der Waals surface area contributed by atoms with Gasteiger partial charge in [0.2, 0.25) is 0 Å². The average molecular weight is 251 g/mol. The molecule has 0 bridgehead atoms. The Kier molecular flexibility index (Phi) is 3.10. The summed E-state index contributed by atoms with van der Waals surface area (Å²) in [5.41, 5.74) is 10.7. The smallest absolute Gasteiger partial charge is 0.0991 e. The Balaban J connectivity index is 1.90. The van der Waals surface area contributed by atoms with Crippen LogP contribution < -0.4 is 5.73 Å². The Morgan fingerprint density at radius 3 is 3.11 bits per heavy atom. The Hall–Kier alpha value is -2.05. The van der Waals surface area contributed by atoms with Gasteiger partial charge < -0.3 is 10.3 Å². The number of nitrogens with zero attached hydrogens (tertiary/aromatic N) is 2. The summed E-state index contributed by atoms with van der Waals surface area (Å²) in [7, 11) is 0. The van der Waals surface area contributed by atoms with Crippen molar-refractivity contribution in [1.82, 2.24) is 4.57 Å². The molecule has 0 saturated heterocycles. The van der Waals surface area contributed by atoms with Crippen LogP contribution in [0.15, 0.2) is 36.5 Å². The maximum absolute atomic E-state index is 8.94. The number of rotatable bonds is 2. The lowest BCUT2D eigenvalue weighted by atomic mass is 9.93. The van der Waals surface area contributed by atoms with E-state index in [0.29, 0.717) is 0 Å². The van der Waals surface area contributed by atoms with Crippen LogP contribution >= 0.6 is 0 Å². The third kappa shape index (κ3) is 2.27. The van der Waals surface area contributed by atoms with Gasteiger partial charge in [-0.05, 0) is 48.6 Å². The lowest BCUT2D eigenvalue weighted by Gasteiger charge is -2.21. The predicted octanol–water partition coefficient (Wildman–Crippen LogP) is 2.74. The molecule has 0 amide bonds. The molecule has 1 aromatic heterocycles. The van der Waals surface area contributed by atoms with Crippen LogP contribution in [0.2, 0.25) is 0 Å². The molecular formula is C16H17N3. The van der Waals surface area contributed by atoms with Gasteiger partial charge in [0.1, 0.15) is 0 Å². The molecule has 3 rings (SSSR count). The lowest BCUT2D eigenvalue weighted by molar-refractivity contribution is 0.548. The molecule has 96 valence electrons. The number of nitriles is 1. The van der Waals surface area contributed by atoms with Crippen molar-refractivity contribution in [3.05, 3.63) is 58.9 Å². The van der Waals surface area contributed by atoms with E-state index in [2.05, 4.69) is 29.0 Å². The van der Waals surface area contributed by atoms with Gasteiger partial charge >= 0.3 is 0 Å². The number of aromatic nitrogens is 1. The van der Waals surface area contributed by atoms with E-state index in [4.69, 9.17) is 11.0 Å². The molecule has 0 radical (unpaired) electrons. The van der Waals surface area contributed by atoms with E-state index in [1.807, 2.05) is 18.2 Å². The number of nitrogens with two attached hydrogens (primary N) is 1. The summed E-state index contributed by atoms with van der Waals surface area (Å²) in [6.45, 7) is 0.817. The summed E-state index contributed by atoms with van der Waals surface area (Å²) >= 11 is 0. The predicted molar refractivity (Wildman–Crippen MR) is 74.6 cm³/mol. The Bertz CT molecular complexity index is 634. The molecule has 3 nitrogen and oxygen atoms in total. The van der Waals surface area contributed by atoms with Gasteiger partial charge in [-0.1, -0.05) is 12.1 Å². The second kappa shape index (κ2) is 4.91.